The van der Waals surface area contributed by atoms with Crippen LogP contribution in [0.4, 0.5) is 5.69 Å². The third-order valence-electron chi connectivity index (χ3n) is 5.90. The number of carbonyl (C=O) groups excluding carboxylic acids is 2. The fourth-order valence-electron chi connectivity index (χ4n) is 3.95. The Balaban J connectivity index is 2.28. The first-order valence-corrected chi connectivity index (χ1v) is 15.2. The van der Waals surface area contributed by atoms with Gasteiger partial charge < -0.3 is 15.0 Å². The molecule has 210 valence electrons. The van der Waals surface area contributed by atoms with E-state index < -0.39 is 16.1 Å². The number of sulfonamides is 1. The number of benzene rings is 2. The Labute approximate surface area is 240 Å². The van der Waals surface area contributed by atoms with Crippen LogP contribution in [0.1, 0.15) is 45.1 Å². The van der Waals surface area contributed by atoms with Crippen molar-refractivity contribution in [2.24, 2.45) is 0 Å². The topological polar surface area (TPSA) is 96.0 Å². The number of methoxy groups -OCH3 is 1. The number of amides is 2. The minimum Gasteiger partial charge on any atom is -0.495 e. The van der Waals surface area contributed by atoms with Crippen molar-refractivity contribution < 1.29 is 22.7 Å². The van der Waals surface area contributed by atoms with E-state index in [-0.39, 0.29) is 42.8 Å². The quantitative estimate of drug-likeness (QED) is 0.305. The molecule has 0 radical (unpaired) electrons. The van der Waals surface area contributed by atoms with Crippen molar-refractivity contribution in [3.8, 4) is 5.75 Å². The number of nitrogens with zero attached hydrogens (tertiary/aromatic N) is 2. The van der Waals surface area contributed by atoms with Crippen molar-refractivity contribution in [2.75, 3.05) is 30.8 Å². The second-order valence-electron chi connectivity index (χ2n) is 8.69. The molecule has 0 saturated heterocycles. The zero-order chi connectivity index (χ0) is 28.5. The molecular formula is C26H34Cl3N3O5S. The van der Waals surface area contributed by atoms with E-state index in [9.17, 15) is 18.0 Å². The molecular weight excluding hydrogens is 573 g/mol. The Bertz CT molecular complexity index is 1210. The van der Waals surface area contributed by atoms with Crippen LogP contribution in [0.2, 0.25) is 15.1 Å². The largest absolute Gasteiger partial charge is 0.495 e. The van der Waals surface area contributed by atoms with E-state index >= 15 is 0 Å². The number of nitrogens with one attached hydrogen (secondary N) is 1. The summed E-state index contributed by atoms with van der Waals surface area (Å²) in [6.45, 7) is 4.32. The molecule has 0 fully saturated rings. The van der Waals surface area contributed by atoms with Crippen molar-refractivity contribution in [1.82, 2.24) is 10.2 Å². The van der Waals surface area contributed by atoms with Gasteiger partial charge in [0.15, 0.2) is 0 Å². The van der Waals surface area contributed by atoms with Gasteiger partial charge in [0, 0.05) is 41.7 Å². The molecule has 38 heavy (non-hydrogen) atoms. The lowest BCUT2D eigenvalue weighted by Gasteiger charge is -2.31. The smallest absolute Gasteiger partial charge is 0.242 e. The standard InChI is InChI=1S/C26H34Cl3N3O5S/c1-5-14-30-26(34)23(6-2)31(17-19-20(27)9-7-10-21(19)28)25(33)11-8-15-32(38(4,35)36)18-12-13-24(37-3)22(29)16-18/h7,9-10,12-13,16,23H,5-6,8,11,14-15,17H2,1-4H3,(H,30,34)/t23-/m0/s1. The number of hydrogen-bond donors (Lipinski definition) is 1. The first kappa shape index (κ1) is 32.0. The van der Waals surface area contributed by atoms with E-state index in [1.54, 1.807) is 30.3 Å². The van der Waals surface area contributed by atoms with Gasteiger partial charge in [-0.1, -0.05) is 54.7 Å². The predicted octanol–water partition coefficient (Wildman–Crippen LogP) is 5.54. The SMILES string of the molecule is CCCNC(=O)[C@H](CC)N(Cc1c(Cl)cccc1Cl)C(=O)CCCN(c1ccc(OC)c(Cl)c1)S(C)(=O)=O. The molecule has 1 N–H and O–H groups in total. The average molecular weight is 607 g/mol. The molecule has 0 spiro atoms. The molecule has 8 nitrogen and oxygen atoms in total. The van der Waals surface area contributed by atoms with Crippen LogP contribution in [-0.4, -0.2) is 57.6 Å². The van der Waals surface area contributed by atoms with E-state index in [1.807, 2.05) is 13.8 Å². The number of halogens is 3. The van der Waals surface area contributed by atoms with Crippen molar-refractivity contribution in [3.05, 3.63) is 57.0 Å². The van der Waals surface area contributed by atoms with Gasteiger partial charge in [-0.2, -0.15) is 0 Å². The van der Waals surface area contributed by atoms with E-state index in [0.29, 0.717) is 40.0 Å². The molecule has 0 saturated carbocycles. The Morgan fingerprint density at radius 3 is 2.24 bits per heavy atom. The Hall–Kier alpha value is -2.20. The highest BCUT2D eigenvalue weighted by atomic mass is 35.5. The Morgan fingerprint density at radius 2 is 1.71 bits per heavy atom. The average Bonchev–Trinajstić information content (AvgIpc) is 2.85. The lowest BCUT2D eigenvalue weighted by molar-refractivity contribution is -0.141. The van der Waals surface area contributed by atoms with E-state index in [2.05, 4.69) is 5.32 Å². The van der Waals surface area contributed by atoms with E-state index in [4.69, 9.17) is 39.5 Å². The fraction of sp³-hybridized carbons (Fsp3) is 0.462. The molecule has 12 heteroatoms. The summed E-state index contributed by atoms with van der Waals surface area (Å²) in [4.78, 5) is 27.9. The monoisotopic (exact) mass is 605 g/mol. The molecule has 2 amide bonds. The van der Waals surface area contributed by atoms with Gasteiger partial charge in [-0.15, -0.1) is 0 Å². The van der Waals surface area contributed by atoms with Gasteiger partial charge in [-0.3, -0.25) is 13.9 Å². The zero-order valence-corrected chi connectivity index (χ0v) is 25.1. The molecule has 0 aromatic heterocycles. The minimum absolute atomic E-state index is 0.00443. The summed E-state index contributed by atoms with van der Waals surface area (Å²) in [7, 11) is -2.20. The normalized spacial score (nSPS) is 12.1. The molecule has 0 bridgehead atoms. The molecule has 2 aromatic rings. The molecule has 0 aliphatic carbocycles. The Morgan fingerprint density at radius 1 is 1.05 bits per heavy atom. The summed E-state index contributed by atoms with van der Waals surface area (Å²) < 4.78 is 31.4. The van der Waals surface area contributed by atoms with Gasteiger partial charge in [-0.25, -0.2) is 8.42 Å². The summed E-state index contributed by atoms with van der Waals surface area (Å²) in [5.41, 5.74) is 0.896. The van der Waals surface area contributed by atoms with Crippen LogP contribution in [-0.2, 0) is 26.2 Å². The van der Waals surface area contributed by atoms with Crippen LogP contribution in [0.15, 0.2) is 36.4 Å². The lowest BCUT2D eigenvalue weighted by atomic mass is 10.1. The van der Waals surface area contributed by atoms with Crippen LogP contribution < -0.4 is 14.4 Å². The second kappa shape index (κ2) is 14.8. The molecule has 2 rings (SSSR count). The molecule has 0 aliphatic rings. The van der Waals surface area contributed by atoms with Crippen molar-refractivity contribution in [2.45, 2.75) is 52.1 Å². The molecule has 0 unspecified atom stereocenters. The van der Waals surface area contributed by atoms with Crippen molar-refractivity contribution in [3.63, 3.8) is 0 Å². The molecule has 0 aliphatic heterocycles. The van der Waals surface area contributed by atoms with Crippen LogP contribution >= 0.6 is 34.8 Å². The number of rotatable bonds is 14. The first-order valence-electron chi connectivity index (χ1n) is 12.3. The number of ether oxygens (including phenoxy) is 1. The van der Waals surface area contributed by atoms with Crippen molar-refractivity contribution >= 4 is 62.3 Å². The summed E-state index contributed by atoms with van der Waals surface area (Å²) in [5.74, 6) is -0.169. The summed E-state index contributed by atoms with van der Waals surface area (Å²) in [6, 6.07) is 8.98. The zero-order valence-electron chi connectivity index (χ0n) is 22.0. The van der Waals surface area contributed by atoms with Gasteiger partial charge >= 0.3 is 0 Å². The number of carbonyl (C=O) groups is 2. The van der Waals surface area contributed by atoms with Gasteiger partial charge in [0.1, 0.15) is 11.8 Å². The fourth-order valence-corrected chi connectivity index (χ4v) is 5.68. The van der Waals surface area contributed by atoms with Gasteiger partial charge in [0.25, 0.3) is 0 Å². The first-order chi connectivity index (χ1) is 17.9. The Kier molecular flexibility index (Phi) is 12.5. The highest BCUT2D eigenvalue weighted by Crippen LogP contribution is 2.31. The van der Waals surface area contributed by atoms with Gasteiger partial charge in [-0.05, 0) is 49.6 Å². The van der Waals surface area contributed by atoms with Gasteiger partial charge in [0.2, 0.25) is 21.8 Å². The van der Waals surface area contributed by atoms with Crippen molar-refractivity contribution in [1.29, 1.82) is 0 Å². The highest BCUT2D eigenvalue weighted by Gasteiger charge is 2.30. The van der Waals surface area contributed by atoms with Gasteiger partial charge in [0.05, 0.1) is 24.1 Å². The predicted molar refractivity (Wildman–Crippen MR) is 154 cm³/mol. The maximum absolute atomic E-state index is 13.5. The van der Waals surface area contributed by atoms with Crippen LogP contribution in [0, 0.1) is 0 Å². The second-order valence-corrected chi connectivity index (χ2v) is 11.8. The highest BCUT2D eigenvalue weighted by molar-refractivity contribution is 7.92. The van der Waals surface area contributed by atoms with Crippen LogP contribution in [0.25, 0.3) is 0 Å². The van der Waals surface area contributed by atoms with E-state index in [0.717, 1.165) is 12.7 Å². The molecule has 1 atom stereocenters. The summed E-state index contributed by atoms with van der Waals surface area (Å²) >= 11 is 18.9. The summed E-state index contributed by atoms with van der Waals surface area (Å²) in [6.07, 6.45) is 2.42. The number of anilines is 1. The van der Waals surface area contributed by atoms with Crippen LogP contribution in [0.5, 0.6) is 5.75 Å². The molecule has 0 heterocycles. The lowest BCUT2D eigenvalue weighted by Crippen LogP contribution is -2.49. The minimum atomic E-state index is -3.67. The summed E-state index contributed by atoms with van der Waals surface area (Å²) in [5, 5.41) is 3.90. The van der Waals surface area contributed by atoms with Crippen LogP contribution in [0.3, 0.4) is 0 Å². The third-order valence-corrected chi connectivity index (χ3v) is 8.10. The maximum atomic E-state index is 13.5. The molecule has 2 aromatic carbocycles. The number of hydrogen-bond acceptors (Lipinski definition) is 5. The third kappa shape index (κ3) is 8.66. The maximum Gasteiger partial charge on any atom is 0.242 e. The van der Waals surface area contributed by atoms with E-state index in [1.165, 1.54) is 22.4 Å².